The molecule has 0 N–H and O–H groups in total. The third-order valence-electron chi connectivity index (χ3n) is 10.8. The second-order valence-electron chi connectivity index (χ2n) is 15.0. The van der Waals surface area contributed by atoms with Crippen LogP contribution in [0, 0.1) is 0 Å². The van der Waals surface area contributed by atoms with E-state index in [-0.39, 0.29) is 50.1 Å². The van der Waals surface area contributed by atoms with Gasteiger partial charge in [-0.25, -0.2) is 0 Å². The predicted molar refractivity (Wildman–Crippen MR) is 280 cm³/mol. The van der Waals surface area contributed by atoms with Crippen molar-refractivity contribution in [3.05, 3.63) is 279 Å². The lowest BCUT2D eigenvalue weighted by Crippen LogP contribution is -2.13. The van der Waals surface area contributed by atoms with Crippen molar-refractivity contribution < 1.29 is 26.0 Å². The lowest BCUT2D eigenvalue weighted by atomic mass is 9.98. The van der Waals surface area contributed by atoms with Crippen molar-refractivity contribution in [3.63, 3.8) is 0 Å². The molecule has 0 aromatic heterocycles. The minimum Gasteiger partial charge on any atom is -0.310 e. The highest BCUT2D eigenvalue weighted by Gasteiger charge is 2.21. The molecule has 11 aromatic rings. The van der Waals surface area contributed by atoms with Gasteiger partial charge in [-0.15, -0.1) is 0 Å². The summed E-state index contributed by atoms with van der Waals surface area (Å²) in [7, 11) is 0. The molecule has 0 bridgehead atoms. The fourth-order valence-corrected chi connectivity index (χ4v) is 7.49. The third-order valence-corrected chi connectivity index (χ3v) is 10.8. The average molecular weight is 862 g/mol. The molecule has 0 amide bonds. The van der Waals surface area contributed by atoms with E-state index in [0.29, 0.717) is 10.8 Å². The molecular weight excluding hydrogens is 797 g/mol. The Hall–Kier alpha value is -8.72. The highest BCUT2D eigenvalue weighted by molar-refractivity contribution is 5.92. The van der Waals surface area contributed by atoms with E-state index in [1.807, 2.05) is 6.07 Å². The van der Waals surface area contributed by atoms with Crippen molar-refractivity contribution >= 4 is 44.9 Å². The first-order valence-electron chi connectivity index (χ1n) is 30.5. The maximum absolute atomic E-state index is 10.7. The summed E-state index contributed by atoms with van der Waals surface area (Å²) in [5.74, 6) is 0. The highest BCUT2D eigenvalue weighted by atomic mass is 15.2. The van der Waals surface area contributed by atoms with Crippen LogP contribution in [0.25, 0.3) is 66.4 Å². The minimum absolute atomic E-state index is 0.0759. The molecule has 0 unspecified atom stereocenters. The number of hydrogen-bond donors (Lipinski definition) is 0. The first kappa shape index (κ1) is 24.4. The van der Waals surface area contributed by atoms with E-state index < -0.39 is 154 Å². The first-order chi connectivity index (χ1) is 40.7. The number of rotatable bonds is 11. The van der Waals surface area contributed by atoms with Gasteiger partial charge in [-0.1, -0.05) is 206 Å². The van der Waals surface area contributed by atoms with Crippen LogP contribution in [0.5, 0.6) is 0 Å². The van der Waals surface area contributed by atoms with Gasteiger partial charge in [-0.2, -0.15) is 0 Å². The summed E-state index contributed by atoms with van der Waals surface area (Å²) in [6, 6.07) is 29.7. The van der Waals surface area contributed by atoms with Crippen LogP contribution in [-0.4, -0.2) is 0 Å². The van der Waals surface area contributed by atoms with Crippen LogP contribution in [0.3, 0.4) is 0 Å². The van der Waals surface area contributed by atoms with Crippen molar-refractivity contribution in [2.45, 2.75) is 0 Å². The summed E-state index contributed by atoms with van der Waals surface area (Å²) in [6.07, 6.45) is 0. The maximum atomic E-state index is 10.7. The second-order valence-corrected chi connectivity index (χ2v) is 15.0. The Labute approximate surface area is 414 Å². The van der Waals surface area contributed by atoms with Crippen LogP contribution in [0.4, 0.5) is 34.1 Å². The van der Waals surface area contributed by atoms with E-state index in [9.17, 15) is 26.0 Å². The number of hydrogen-bond acceptors (Lipinski definition) is 2. The highest BCUT2D eigenvalue weighted by Crippen LogP contribution is 2.45. The number of benzene rings is 11. The quantitative estimate of drug-likeness (QED) is 0.128. The van der Waals surface area contributed by atoms with Gasteiger partial charge in [0.15, 0.2) is 0 Å². The molecule has 0 aliphatic carbocycles. The smallest absolute Gasteiger partial charge is 0.0667 e. The second kappa shape index (κ2) is 18.2. The lowest BCUT2D eigenvalue weighted by Gasteiger charge is -2.31. The van der Waals surface area contributed by atoms with Crippen LogP contribution in [-0.2, 0) is 0 Å². The monoisotopic (exact) mass is 861 g/mol. The number of nitrogens with zero attached hydrogens (tertiary/aromatic N) is 2. The van der Waals surface area contributed by atoms with Crippen molar-refractivity contribution in [2.75, 3.05) is 9.80 Å². The molecule has 66 heavy (non-hydrogen) atoms. The molecule has 0 heterocycles. The topological polar surface area (TPSA) is 6.48 Å². The molecule has 2 heteroatoms. The van der Waals surface area contributed by atoms with Gasteiger partial charge < -0.3 is 9.80 Å². The van der Waals surface area contributed by atoms with E-state index in [2.05, 4.69) is 0 Å². The summed E-state index contributed by atoms with van der Waals surface area (Å²) >= 11 is 0. The van der Waals surface area contributed by atoms with E-state index in [1.54, 1.807) is 158 Å². The van der Waals surface area contributed by atoms with Gasteiger partial charge in [0.1, 0.15) is 0 Å². The van der Waals surface area contributed by atoms with Gasteiger partial charge >= 0.3 is 0 Å². The van der Waals surface area contributed by atoms with Crippen molar-refractivity contribution in [2.24, 2.45) is 0 Å². The molecule has 0 saturated heterocycles. The van der Waals surface area contributed by atoms with Gasteiger partial charge in [0, 0.05) is 34.1 Å². The summed E-state index contributed by atoms with van der Waals surface area (Å²) in [5.41, 5.74) is -4.73. The molecule has 0 saturated carbocycles. The summed E-state index contributed by atoms with van der Waals surface area (Å²) in [6.45, 7) is 0. The normalized spacial score (nSPS) is 15.1. The lowest BCUT2D eigenvalue weighted by molar-refractivity contribution is 1.25. The largest absolute Gasteiger partial charge is 0.310 e. The fraction of sp³-hybridized carbons (Fsp3) is 0. The average Bonchev–Trinajstić information content (AvgIpc) is 0.864. The molecule has 11 rings (SSSR count). The molecule has 0 radical (unpaired) electrons. The predicted octanol–water partition coefficient (Wildman–Crippen LogP) is 18.1. The Balaban J connectivity index is 1.37. The standard InChI is InChI=1S/C64H46N2/c1-5-15-47(16-6-1)52-27-35-59(36-28-52)65(60-37-29-53(30-38-60)48-17-7-2-8-18-48)63-44-58(57-26-25-51-23-13-14-24-56(51)43-57)45-64(46-63)66(61-39-31-54(32-40-61)49-19-9-3-10-20-49)62-41-33-55(34-42-62)50-21-11-4-12-22-50/h1-46H/i27D,28D,29D,30D,31D,32D,33D,34D,35D,36D,37D,38D,39D,40D,41D,42D,44D,45D,46D. The Morgan fingerprint density at radius 3 is 0.848 bits per heavy atom. The van der Waals surface area contributed by atoms with Crippen molar-refractivity contribution in [1.29, 1.82) is 0 Å². The Morgan fingerprint density at radius 1 is 0.212 bits per heavy atom. The van der Waals surface area contributed by atoms with Crippen LogP contribution in [0.1, 0.15) is 26.0 Å². The summed E-state index contributed by atoms with van der Waals surface area (Å²) in [5, 5.41) is 1.28. The number of anilines is 6. The summed E-state index contributed by atoms with van der Waals surface area (Å²) in [4.78, 5) is 1.48. The zero-order valence-corrected chi connectivity index (χ0v) is 35.0. The van der Waals surface area contributed by atoms with E-state index >= 15 is 0 Å². The van der Waals surface area contributed by atoms with E-state index in [0.717, 1.165) is 9.80 Å². The van der Waals surface area contributed by atoms with Crippen molar-refractivity contribution in [1.82, 2.24) is 0 Å². The Bertz CT molecular complexity index is 3950. The van der Waals surface area contributed by atoms with Crippen LogP contribution in [0.2, 0.25) is 0 Å². The van der Waals surface area contributed by atoms with Crippen LogP contribution < -0.4 is 9.80 Å². The zero-order chi connectivity index (χ0) is 60.6. The van der Waals surface area contributed by atoms with Crippen LogP contribution >= 0.6 is 0 Å². The SMILES string of the molecule is [2H]c1c([2H])c(N(c2c([2H])c([2H])c(-c3ccccc3)c([2H])c2[2H])c2c([2H])c(-c3ccc4ccccc4c3)c([2H])c(N(c3c([2H])c([2H])c(-c4ccccc4)c([2H])c3[2H])c3c([2H])c([2H])c(-c4ccccc4)c([2H])c3[2H])c2[2H])c([2H])c([2H])c1-c1ccccc1. The van der Waals surface area contributed by atoms with Crippen LogP contribution in [0.15, 0.2) is 279 Å². The van der Waals surface area contributed by atoms with Gasteiger partial charge in [0.05, 0.1) is 26.0 Å². The molecule has 0 fully saturated rings. The number of fused-ring (bicyclic) bond motifs is 1. The third kappa shape index (κ3) is 8.40. The Morgan fingerprint density at radius 2 is 0.515 bits per heavy atom. The molecule has 2 nitrogen and oxygen atoms in total. The molecular formula is C64H46N2. The molecule has 11 aromatic carbocycles. The van der Waals surface area contributed by atoms with Gasteiger partial charge in [-0.05, 0) is 139 Å². The van der Waals surface area contributed by atoms with Gasteiger partial charge in [-0.3, -0.25) is 0 Å². The molecule has 312 valence electrons. The molecule has 0 aliphatic rings. The fourth-order valence-electron chi connectivity index (χ4n) is 7.49. The molecule has 0 atom stereocenters. The van der Waals surface area contributed by atoms with Gasteiger partial charge in [0.25, 0.3) is 0 Å². The molecule has 0 spiro atoms. The minimum atomic E-state index is -1.06. The van der Waals surface area contributed by atoms with E-state index in [1.165, 1.54) is 0 Å². The Kier molecular flexibility index (Phi) is 6.71. The first-order valence-corrected chi connectivity index (χ1v) is 21.0. The summed E-state index contributed by atoms with van der Waals surface area (Å²) < 4.78 is 187. The zero-order valence-electron chi connectivity index (χ0n) is 54.0. The van der Waals surface area contributed by atoms with E-state index in [4.69, 9.17) is 0 Å². The molecule has 0 aliphatic heterocycles. The maximum Gasteiger partial charge on any atom is 0.0667 e. The van der Waals surface area contributed by atoms with Crippen molar-refractivity contribution in [3.8, 4) is 55.6 Å². The van der Waals surface area contributed by atoms with Gasteiger partial charge in [0.2, 0.25) is 0 Å².